The van der Waals surface area contributed by atoms with Crippen LogP contribution in [-0.2, 0) is 0 Å². The summed E-state index contributed by atoms with van der Waals surface area (Å²) in [6, 6.07) is 9.77. The molecule has 1 aromatic carbocycles. The molecule has 4 atom stereocenters. The van der Waals surface area contributed by atoms with E-state index in [1.165, 1.54) is 25.7 Å². The summed E-state index contributed by atoms with van der Waals surface area (Å²) in [5.74, 6) is 1.37. The number of carbonyl (C=O) groups is 1. The van der Waals surface area contributed by atoms with Gasteiger partial charge in [-0.2, -0.15) is 5.10 Å². The highest BCUT2D eigenvalue weighted by atomic mass is 16.3. The first-order chi connectivity index (χ1) is 14.2. The van der Waals surface area contributed by atoms with Crippen LogP contribution in [0.1, 0.15) is 36.2 Å². The van der Waals surface area contributed by atoms with E-state index in [0.29, 0.717) is 41.5 Å². The van der Waals surface area contributed by atoms with Gasteiger partial charge in [0, 0.05) is 24.2 Å². The Hall–Kier alpha value is -2.38. The summed E-state index contributed by atoms with van der Waals surface area (Å²) in [5.41, 5.74) is 1.61. The number of phenolic OH excluding ortho intramolecular Hbond substituents is 1. The summed E-state index contributed by atoms with van der Waals surface area (Å²) in [5, 5.41) is 23.8. The number of hydrogen-bond acceptors (Lipinski definition) is 5. The number of carbonyl (C=O) groups excluding carboxylic acids is 1. The summed E-state index contributed by atoms with van der Waals surface area (Å²) in [6.45, 7) is 4.00. The molecule has 3 saturated heterocycles. The van der Waals surface area contributed by atoms with Crippen molar-refractivity contribution in [3.63, 3.8) is 0 Å². The molecule has 29 heavy (non-hydrogen) atoms. The van der Waals surface area contributed by atoms with Crippen LogP contribution in [0, 0.1) is 11.8 Å². The lowest BCUT2D eigenvalue weighted by molar-refractivity contribution is -0.0371. The van der Waals surface area contributed by atoms with Crippen LogP contribution in [0.4, 0.5) is 0 Å². The third kappa shape index (κ3) is 3.53. The molecule has 3 fully saturated rings. The molecule has 3 aliphatic rings. The van der Waals surface area contributed by atoms with E-state index in [4.69, 9.17) is 0 Å². The van der Waals surface area contributed by atoms with Gasteiger partial charge in [0.05, 0.1) is 5.69 Å². The molecule has 2 bridgehead atoms. The molecule has 1 amide bonds. The summed E-state index contributed by atoms with van der Waals surface area (Å²) >= 11 is 0. The molecule has 4 N–H and O–H groups in total. The number of fused-ring (bicyclic) bond motifs is 4. The highest BCUT2D eigenvalue weighted by Crippen LogP contribution is 2.38. The molecular weight excluding hydrogens is 366 g/mol. The number of para-hydroxylation sites is 1. The van der Waals surface area contributed by atoms with Crippen LogP contribution >= 0.6 is 0 Å². The number of piperidine rings is 3. The van der Waals surface area contributed by atoms with Crippen molar-refractivity contribution in [2.24, 2.45) is 11.8 Å². The normalized spacial score (nSPS) is 29.2. The lowest BCUT2D eigenvalue weighted by Crippen LogP contribution is -2.65. The molecule has 0 spiro atoms. The van der Waals surface area contributed by atoms with Gasteiger partial charge in [-0.05, 0) is 68.9 Å². The maximum absolute atomic E-state index is 12.8. The first-order valence-corrected chi connectivity index (χ1v) is 10.8. The van der Waals surface area contributed by atoms with E-state index in [-0.39, 0.29) is 11.7 Å². The van der Waals surface area contributed by atoms with Crippen LogP contribution in [-0.4, -0.2) is 64.4 Å². The zero-order valence-electron chi connectivity index (χ0n) is 16.6. The predicted molar refractivity (Wildman–Crippen MR) is 111 cm³/mol. The van der Waals surface area contributed by atoms with Crippen molar-refractivity contribution in [3.05, 3.63) is 36.0 Å². The molecule has 5 rings (SSSR count). The highest BCUT2D eigenvalue weighted by Gasteiger charge is 2.45. The molecule has 3 aliphatic heterocycles. The Morgan fingerprint density at radius 3 is 3.00 bits per heavy atom. The maximum Gasteiger partial charge on any atom is 0.269 e. The van der Waals surface area contributed by atoms with Crippen molar-refractivity contribution >= 4 is 5.91 Å². The number of H-pyrrole nitrogens is 1. The number of nitrogens with zero attached hydrogens (tertiary/aromatic N) is 2. The Kier molecular flexibility index (Phi) is 5.01. The first kappa shape index (κ1) is 18.6. The fraction of sp³-hybridized carbons (Fsp3) is 0.545. The fourth-order valence-electron chi connectivity index (χ4n) is 5.61. The maximum atomic E-state index is 12.8. The monoisotopic (exact) mass is 395 g/mol. The zero-order chi connectivity index (χ0) is 19.8. The van der Waals surface area contributed by atoms with Crippen LogP contribution in [0.25, 0.3) is 11.3 Å². The molecule has 1 aromatic heterocycles. The summed E-state index contributed by atoms with van der Waals surface area (Å²) in [4.78, 5) is 15.5. The molecule has 2 aromatic rings. The molecule has 154 valence electrons. The third-order valence-electron chi connectivity index (χ3n) is 7.00. The second-order valence-electron chi connectivity index (χ2n) is 8.68. The Morgan fingerprint density at radius 2 is 2.10 bits per heavy atom. The second kappa shape index (κ2) is 7.80. The predicted octanol–water partition coefficient (Wildman–Crippen LogP) is 1.97. The number of benzene rings is 1. The molecule has 0 saturated carbocycles. The van der Waals surface area contributed by atoms with Crippen molar-refractivity contribution in [2.75, 3.05) is 26.2 Å². The van der Waals surface area contributed by atoms with Gasteiger partial charge in [-0.1, -0.05) is 18.6 Å². The Bertz CT molecular complexity index is 882. The summed E-state index contributed by atoms with van der Waals surface area (Å²) in [7, 11) is 0. The van der Waals surface area contributed by atoms with E-state index < -0.39 is 0 Å². The number of aromatic hydroxyl groups is 1. The minimum Gasteiger partial charge on any atom is -0.507 e. The molecule has 0 unspecified atom stereocenters. The van der Waals surface area contributed by atoms with Crippen LogP contribution < -0.4 is 10.6 Å². The van der Waals surface area contributed by atoms with E-state index >= 15 is 0 Å². The fourth-order valence-corrected chi connectivity index (χ4v) is 5.61. The quantitative estimate of drug-likeness (QED) is 0.635. The van der Waals surface area contributed by atoms with Gasteiger partial charge >= 0.3 is 0 Å². The number of aromatic nitrogens is 2. The number of phenols is 1. The Balaban J connectivity index is 1.27. The Labute approximate surface area is 170 Å². The van der Waals surface area contributed by atoms with Crippen LogP contribution in [0.15, 0.2) is 30.3 Å². The van der Waals surface area contributed by atoms with Gasteiger partial charge in [0.2, 0.25) is 0 Å². The highest BCUT2D eigenvalue weighted by molar-refractivity contribution is 5.93. The Morgan fingerprint density at radius 1 is 1.24 bits per heavy atom. The molecule has 7 nitrogen and oxygen atoms in total. The zero-order valence-corrected chi connectivity index (χ0v) is 16.6. The minimum atomic E-state index is -0.140. The van der Waals surface area contributed by atoms with Crippen molar-refractivity contribution in [3.8, 4) is 17.0 Å². The van der Waals surface area contributed by atoms with Gasteiger partial charge in [0.15, 0.2) is 0 Å². The van der Waals surface area contributed by atoms with Crippen LogP contribution in [0.2, 0.25) is 0 Å². The van der Waals surface area contributed by atoms with E-state index in [9.17, 15) is 9.90 Å². The van der Waals surface area contributed by atoms with Gasteiger partial charge in [0.1, 0.15) is 11.4 Å². The van der Waals surface area contributed by atoms with Gasteiger partial charge < -0.3 is 15.7 Å². The van der Waals surface area contributed by atoms with Crippen molar-refractivity contribution in [1.29, 1.82) is 0 Å². The number of amides is 1. The van der Waals surface area contributed by atoms with E-state index in [2.05, 4.69) is 25.7 Å². The number of aromatic amines is 1. The largest absolute Gasteiger partial charge is 0.507 e. The van der Waals surface area contributed by atoms with Gasteiger partial charge in [-0.3, -0.25) is 14.8 Å². The summed E-state index contributed by atoms with van der Waals surface area (Å²) < 4.78 is 0. The van der Waals surface area contributed by atoms with Gasteiger partial charge in [-0.15, -0.1) is 0 Å². The average molecular weight is 396 g/mol. The van der Waals surface area contributed by atoms with Gasteiger partial charge in [-0.25, -0.2) is 0 Å². The van der Waals surface area contributed by atoms with Crippen molar-refractivity contribution < 1.29 is 9.90 Å². The van der Waals surface area contributed by atoms with E-state index in [1.807, 2.05) is 6.07 Å². The molecule has 7 heteroatoms. The van der Waals surface area contributed by atoms with Crippen LogP contribution in [0.5, 0.6) is 5.75 Å². The second-order valence-corrected chi connectivity index (χ2v) is 8.68. The van der Waals surface area contributed by atoms with Crippen molar-refractivity contribution in [2.45, 2.75) is 37.8 Å². The molecule has 0 aliphatic carbocycles. The summed E-state index contributed by atoms with van der Waals surface area (Å²) in [6.07, 6.45) is 5.15. The lowest BCUT2D eigenvalue weighted by atomic mass is 9.73. The molecular formula is C22H29N5O2. The topological polar surface area (TPSA) is 93.3 Å². The third-order valence-corrected chi connectivity index (χ3v) is 7.00. The minimum absolute atomic E-state index is 0.140. The first-order valence-electron chi connectivity index (χ1n) is 10.8. The average Bonchev–Trinajstić information content (AvgIpc) is 3.24. The number of rotatable bonds is 4. The number of nitrogens with one attached hydrogen (secondary N) is 3. The SMILES string of the molecule is O=C(NC[C@H]1[C@@H]2CNC[C@@H](C2)[C@@H]2CCCCN21)c1cc(-c2ccccc2O)n[nH]1. The molecule has 4 heterocycles. The van der Waals surface area contributed by atoms with Gasteiger partial charge in [0.25, 0.3) is 5.91 Å². The van der Waals surface area contributed by atoms with Crippen LogP contribution in [0.3, 0.4) is 0 Å². The van der Waals surface area contributed by atoms with Crippen molar-refractivity contribution in [1.82, 2.24) is 25.7 Å². The van der Waals surface area contributed by atoms with E-state index in [1.54, 1.807) is 24.3 Å². The van der Waals surface area contributed by atoms with E-state index in [0.717, 1.165) is 25.6 Å². The lowest BCUT2D eigenvalue weighted by Gasteiger charge is -2.55. The molecule has 0 radical (unpaired) electrons. The number of hydrogen-bond donors (Lipinski definition) is 4. The standard InChI is InChI=1S/C22H29N5O2/c28-21-7-2-1-5-16(21)17-10-18(26-25-17)22(29)24-13-20-15-9-14(11-23-12-15)19-6-3-4-8-27(19)20/h1-2,5,7,10,14-15,19-20,23,28H,3-4,6,8-9,11-13H2,(H,24,29)(H,25,26)/t14-,15+,19+,20+/m1/s1. The smallest absolute Gasteiger partial charge is 0.269 e.